The molecule has 178 valence electrons. The molecule has 3 N–H and O–H groups in total. The number of carbonyl (C=O) groups excluding carboxylic acids is 1. The Morgan fingerprint density at radius 1 is 1.19 bits per heavy atom. The van der Waals surface area contributed by atoms with E-state index in [0.717, 1.165) is 69.9 Å². The second-order valence-corrected chi connectivity index (χ2v) is 8.97. The SMILES string of the molecule is CCNC(=NCCCCn1ccnc1C)NC1CCC(NC(=O)OC(C)(C)C)CC1.I. The summed E-state index contributed by atoms with van der Waals surface area (Å²) in [7, 11) is 0. The Labute approximate surface area is 204 Å². The standard InChI is InChI=1S/C22H40N6O2.HI/c1-6-23-20(25-13-7-8-15-28-16-14-24-17(28)2)26-18-9-11-19(12-10-18)27-21(29)30-22(3,4)5;/h14,16,18-19H,6-13,15H2,1-5H3,(H,27,29)(H2,23,25,26);1H. The first-order chi connectivity index (χ1) is 14.3. The molecule has 0 radical (unpaired) electrons. The number of guanidine groups is 1. The molecule has 2 rings (SSSR count). The normalized spacial score (nSPS) is 19.3. The van der Waals surface area contributed by atoms with Gasteiger partial charge >= 0.3 is 6.09 Å². The van der Waals surface area contributed by atoms with E-state index in [1.54, 1.807) is 0 Å². The van der Waals surface area contributed by atoms with Gasteiger partial charge in [0.05, 0.1) is 0 Å². The molecule has 0 atom stereocenters. The molecule has 0 aliphatic heterocycles. The predicted molar refractivity (Wildman–Crippen MR) is 136 cm³/mol. The summed E-state index contributed by atoms with van der Waals surface area (Å²) in [6.07, 6.45) is 9.58. The maximum Gasteiger partial charge on any atom is 0.407 e. The van der Waals surface area contributed by atoms with Crippen molar-refractivity contribution in [3.63, 3.8) is 0 Å². The number of nitrogens with zero attached hydrogens (tertiary/aromatic N) is 3. The molecule has 0 unspecified atom stereocenters. The third-order valence-electron chi connectivity index (χ3n) is 5.13. The van der Waals surface area contributed by atoms with Crippen molar-refractivity contribution in [2.24, 2.45) is 4.99 Å². The van der Waals surface area contributed by atoms with Gasteiger partial charge in [-0.05, 0) is 73.1 Å². The average molecular weight is 549 g/mol. The highest BCUT2D eigenvalue weighted by molar-refractivity contribution is 14.0. The first-order valence-corrected chi connectivity index (χ1v) is 11.3. The van der Waals surface area contributed by atoms with Gasteiger partial charge in [-0.15, -0.1) is 24.0 Å². The van der Waals surface area contributed by atoms with E-state index >= 15 is 0 Å². The fourth-order valence-corrected chi connectivity index (χ4v) is 3.59. The lowest BCUT2D eigenvalue weighted by Crippen LogP contribution is -2.48. The zero-order valence-electron chi connectivity index (χ0n) is 19.7. The molecule has 0 spiro atoms. The first kappa shape index (κ1) is 27.5. The molecule has 1 aliphatic carbocycles. The van der Waals surface area contributed by atoms with E-state index < -0.39 is 5.60 Å². The number of alkyl carbamates (subject to hydrolysis) is 1. The number of unbranched alkanes of at least 4 members (excludes halogenated alkanes) is 1. The van der Waals surface area contributed by atoms with Gasteiger partial charge in [0.15, 0.2) is 5.96 Å². The number of hydrogen-bond donors (Lipinski definition) is 3. The molecule has 1 amide bonds. The van der Waals surface area contributed by atoms with Crippen LogP contribution in [0.4, 0.5) is 4.79 Å². The minimum Gasteiger partial charge on any atom is -0.444 e. The molecule has 0 bridgehead atoms. The molecule has 0 saturated heterocycles. The van der Waals surface area contributed by atoms with Gasteiger partial charge in [-0.2, -0.15) is 0 Å². The highest BCUT2D eigenvalue weighted by Gasteiger charge is 2.25. The fourth-order valence-electron chi connectivity index (χ4n) is 3.59. The van der Waals surface area contributed by atoms with E-state index in [0.29, 0.717) is 6.04 Å². The monoisotopic (exact) mass is 548 g/mol. The van der Waals surface area contributed by atoms with Crippen LogP contribution >= 0.6 is 24.0 Å². The number of amides is 1. The summed E-state index contributed by atoms with van der Waals surface area (Å²) in [5, 5.41) is 9.91. The Morgan fingerprint density at radius 3 is 2.39 bits per heavy atom. The number of nitrogens with one attached hydrogen (secondary N) is 3. The van der Waals surface area contributed by atoms with Crippen LogP contribution in [-0.4, -0.2) is 52.4 Å². The van der Waals surface area contributed by atoms with Crippen molar-refractivity contribution >= 4 is 36.0 Å². The molecule has 31 heavy (non-hydrogen) atoms. The number of imidazole rings is 1. The van der Waals surface area contributed by atoms with Crippen LogP contribution in [0.1, 0.15) is 72.0 Å². The molecule has 1 saturated carbocycles. The highest BCUT2D eigenvalue weighted by Crippen LogP contribution is 2.19. The Morgan fingerprint density at radius 2 is 1.84 bits per heavy atom. The van der Waals surface area contributed by atoms with Crippen molar-refractivity contribution < 1.29 is 9.53 Å². The molecule has 8 nitrogen and oxygen atoms in total. The zero-order valence-corrected chi connectivity index (χ0v) is 22.1. The third-order valence-corrected chi connectivity index (χ3v) is 5.13. The van der Waals surface area contributed by atoms with Crippen LogP contribution < -0.4 is 16.0 Å². The summed E-state index contributed by atoms with van der Waals surface area (Å²) in [4.78, 5) is 20.9. The Kier molecular flexibility index (Phi) is 12.2. The number of hydrogen-bond acceptors (Lipinski definition) is 4. The zero-order chi connectivity index (χ0) is 22.0. The molecule has 1 aliphatic rings. The van der Waals surface area contributed by atoms with Crippen molar-refractivity contribution in [2.45, 2.75) is 97.4 Å². The van der Waals surface area contributed by atoms with Crippen molar-refractivity contribution in [3.8, 4) is 0 Å². The van der Waals surface area contributed by atoms with Gasteiger partial charge < -0.3 is 25.3 Å². The molecule has 9 heteroatoms. The van der Waals surface area contributed by atoms with E-state index in [1.165, 1.54) is 0 Å². The number of aromatic nitrogens is 2. The smallest absolute Gasteiger partial charge is 0.407 e. The highest BCUT2D eigenvalue weighted by atomic mass is 127. The quantitative estimate of drug-likeness (QED) is 0.198. The lowest BCUT2D eigenvalue weighted by molar-refractivity contribution is 0.0490. The van der Waals surface area contributed by atoms with Crippen LogP contribution in [0.5, 0.6) is 0 Å². The second kappa shape index (κ2) is 13.8. The van der Waals surface area contributed by atoms with E-state index in [4.69, 9.17) is 9.73 Å². The molecule has 1 heterocycles. The Balaban J connectivity index is 0.00000480. The van der Waals surface area contributed by atoms with Gasteiger partial charge in [0.1, 0.15) is 11.4 Å². The summed E-state index contributed by atoms with van der Waals surface area (Å²) >= 11 is 0. The van der Waals surface area contributed by atoms with E-state index in [-0.39, 0.29) is 36.1 Å². The maximum atomic E-state index is 12.0. The summed E-state index contributed by atoms with van der Waals surface area (Å²) in [6, 6.07) is 0.567. The van der Waals surface area contributed by atoms with Crippen molar-refractivity contribution in [3.05, 3.63) is 18.2 Å². The van der Waals surface area contributed by atoms with Gasteiger partial charge in [-0.25, -0.2) is 9.78 Å². The van der Waals surface area contributed by atoms with Gasteiger partial charge in [-0.3, -0.25) is 4.99 Å². The molecule has 1 aromatic rings. The Bertz CT molecular complexity index is 678. The summed E-state index contributed by atoms with van der Waals surface area (Å²) in [5.41, 5.74) is -0.461. The number of halogens is 1. The number of carbonyl (C=O) groups is 1. The first-order valence-electron chi connectivity index (χ1n) is 11.3. The van der Waals surface area contributed by atoms with Crippen molar-refractivity contribution in [1.29, 1.82) is 0 Å². The second-order valence-electron chi connectivity index (χ2n) is 8.97. The predicted octanol–water partition coefficient (Wildman–Crippen LogP) is 3.98. The van der Waals surface area contributed by atoms with E-state index in [1.807, 2.05) is 40.1 Å². The van der Waals surface area contributed by atoms with E-state index in [2.05, 4.69) is 32.4 Å². The van der Waals surface area contributed by atoms with Crippen molar-refractivity contribution in [2.75, 3.05) is 13.1 Å². The van der Waals surface area contributed by atoms with Crippen LogP contribution in [0.2, 0.25) is 0 Å². The molecular formula is C22H41IN6O2. The fraction of sp³-hybridized carbons (Fsp3) is 0.773. The van der Waals surface area contributed by atoms with Gasteiger partial charge in [0.2, 0.25) is 0 Å². The lowest BCUT2D eigenvalue weighted by atomic mass is 9.91. The maximum absolute atomic E-state index is 12.0. The van der Waals surface area contributed by atoms with Crippen LogP contribution in [0.3, 0.4) is 0 Å². The number of aryl methyl sites for hydroxylation is 2. The summed E-state index contributed by atoms with van der Waals surface area (Å²) < 4.78 is 7.54. The summed E-state index contributed by atoms with van der Waals surface area (Å²) in [5.74, 6) is 1.95. The average Bonchev–Trinajstić information content (AvgIpc) is 3.06. The van der Waals surface area contributed by atoms with E-state index in [9.17, 15) is 4.79 Å². The number of rotatable bonds is 8. The minimum absolute atomic E-state index is 0. The molecule has 1 fully saturated rings. The van der Waals surface area contributed by atoms with Crippen LogP contribution in [0.25, 0.3) is 0 Å². The van der Waals surface area contributed by atoms with Gasteiger partial charge in [0.25, 0.3) is 0 Å². The number of aliphatic imine (C=N–C) groups is 1. The third kappa shape index (κ3) is 11.1. The van der Waals surface area contributed by atoms with Crippen LogP contribution in [-0.2, 0) is 11.3 Å². The molecule has 1 aromatic heterocycles. The largest absolute Gasteiger partial charge is 0.444 e. The van der Waals surface area contributed by atoms with Gasteiger partial charge in [0, 0.05) is 44.1 Å². The Hall–Kier alpha value is -1.52. The summed E-state index contributed by atoms with van der Waals surface area (Å²) in [6.45, 7) is 12.4. The number of ether oxygens (including phenoxy) is 1. The van der Waals surface area contributed by atoms with Crippen LogP contribution in [0.15, 0.2) is 17.4 Å². The minimum atomic E-state index is -0.461. The topological polar surface area (TPSA) is 92.6 Å². The van der Waals surface area contributed by atoms with Gasteiger partial charge in [-0.1, -0.05) is 0 Å². The molecular weight excluding hydrogens is 507 g/mol. The van der Waals surface area contributed by atoms with Crippen LogP contribution in [0, 0.1) is 6.92 Å². The molecule has 0 aromatic carbocycles. The lowest BCUT2D eigenvalue weighted by Gasteiger charge is -2.31. The van der Waals surface area contributed by atoms with Crippen molar-refractivity contribution in [1.82, 2.24) is 25.5 Å².